The number of oxime groups is 1. The van der Waals surface area contributed by atoms with Crippen molar-refractivity contribution in [1.29, 1.82) is 0 Å². The number of carbonyl (C=O) groups excluding carboxylic acids is 1. The third-order valence-corrected chi connectivity index (χ3v) is 4.54. The van der Waals surface area contributed by atoms with E-state index in [1.54, 1.807) is 0 Å². The zero-order valence-electron chi connectivity index (χ0n) is 11.2. The lowest BCUT2D eigenvalue weighted by atomic mass is 10.0. The highest BCUT2D eigenvalue weighted by Crippen LogP contribution is 2.57. The molecule has 20 heavy (non-hydrogen) atoms. The Hall–Kier alpha value is -2.04. The second-order valence-electron chi connectivity index (χ2n) is 5.66. The van der Waals surface area contributed by atoms with Gasteiger partial charge in [0, 0.05) is 5.92 Å². The molecule has 2 aliphatic carbocycles. The standard InChI is InChI=1S/C15H19N3O2/c16-14(18-20)13(9-5-2-1-3-6-9)17-15(19)12-10-7-4-8-11(10)12/h1-3,5-6,10-13,20H,4,7-8H2,(H2,16,18)(H,17,19). The van der Waals surface area contributed by atoms with E-state index >= 15 is 0 Å². The Kier molecular flexibility index (Phi) is 3.34. The van der Waals surface area contributed by atoms with Crippen LogP contribution in [-0.2, 0) is 4.79 Å². The molecule has 0 spiro atoms. The molecule has 0 bridgehead atoms. The van der Waals surface area contributed by atoms with Crippen LogP contribution in [-0.4, -0.2) is 17.0 Å². The Morgan fingerprint density at radius 2 is 1.95 bits per heavy atom. The number of hydrogen-bond acceptors (Lipinski definition) is 3. The van der Waals surface area contributed by atoms with Crippen LogP contribution in [0, 0.1) is 17.8 Å². The second kappa shape index (κ2) is 5.15. The van der Waals surface area contributed by atoms with Crippen molar-refractivity contribution in [2.45, 2.75) is 25.3 Å². The normalized spacial score (nSPS) is 29.6. The predicted molar refractivity (Wildman–Crippen MR) is 75.1 cm³/mol. The fourth-order valence-corrected chi connectivity index (χ4v) is 3.48. The van der Waals surface area contributed by atoms with E-state index in [1.807, 2.05) is 30.3 Å². The maximum absolute atomic E-state index is 12.3. The van der Waals surface area contributed by atoms with Crippen LogP contribution < -0.4 is 11.1 Å². The van der Waals surface area contributed by atoms with E-state index in [9.17, 15) is 4.79 Å². The minimum absolute atomic E-state index is 0.00959. The number of rotatable bonds is 4. The Morgan fingerprint density at radius 3 is 2.55 bits per heavy atom. The van der Waals surface area contributed by atoms with Gasteiger partial charge in [0.1, 0.15) is 6.04 Å². The summed E-state index contributed by atoms with van der Waals surface area (Å²) >= 11 is 0. The number of nitrogens with two attached hydrogens (primary N) is 1. The number of nitrogens with zero attached hydrogens (tertiary/aromatic N) is 1. The van der Waals surface area contributed by atoms with Crippen molar-refractivity contribution in [3.05, 3.63) is 35.9 Å². The summed E-state index contributed by atoms with van der Waals surface area (Å²) in [6, 6.07) is 8.78. The highest BCUT2D eigenvalue weighted by Gasteiger charge is 2.56. The molecule has 2 saturated carbocycles. The van der Waals surface area contributed by atoms with Crippen molar-refractivity contribution < 1.29 is 10.0 Å². The first-order chi connectivity index (χ1) is 9.72. The maximum Gasteiger partial charge on any atom is 0.224 e. The van der Waals surface area contributed by atoms with Gasteiger partial charge in [0.25, 0.3) is 0 Å². The van der Waals surface area contributed by atoms with Crippen molar-refractivity contribution in [3.8, 4) is 0 Å². The van der Waals surface area contributed by atoms with Gasteiger partial charge in [-0.15, -0.1) is 0 Å². The Labute approximate surface area is 117 Å². The molecule has 1 aromatic rings. The van der Waals surface area contributed by atoms with Crippen LogP contribution in [0.15, 0.2) is 35.5 Å². The van der Waals surface area contributed by atoms with Crippen LogP contribution in [0.3, 0.4) is 0 Å². The van der Waals surface area contributed by atoms with Crippen LogP contribution in [0.2, 0.25) is 0 Å². The largest absolute Gasteiger partial charge is 0.409 e. The van der Waals surface area contributed by atoms with Gasteiger partial charge in [-0.05, 0) is 30.2 Å². The van der Waals surface area contributed by atoms with Gasteiger partial charge in [-0.3, -0.25) is 4.79 Å². The Morgan fingerprint density at radius 1 is 1.30 bits per heavy atom. The molecule has 0 saturated heterocycles. The molecule has 3 unspecified atom stereocenters. The maximum atomic E-state index is 12.3. The minimum atomic E-state index is -0.560. The lowest BCUT2D eigenvalue weighted by molar-refractivity contribution is -0.123. The second-order valence-corrected chi connectivity index (χ2v) is 5.66. The van der Waals surface area contributed by atoms with Gasteiger partial charge in [0.05, 0.1) is 0 Å². The van der Waals surface area contributed by atoms with Gasteiger partial charge in [0.2, 0.25) is 5.91 Å². The number of benzene rings is 1. The van der Waals surface area contributed by atoms with Crippen LogP contribution in [0.5, 0.6) is 0 Å². The van der Waals surface area contributed by atoms with E-state index in [0.29, 0.717) is 11.8 Å². The van der Waals surface area contributed by atoms with Crippen LogP contribution >= 0.6 is 0 Å². The lowest BCUT2D eigenvalue weighted by Gasteiger charge is -2.18. The summed E-state index contributed by atoms with van der Waals surface area (Å²) in [7, 11) is 0. The molecule has 5 heteroatoms. The van der Waals surface area contributed by atoms with Crippen LogP contribution in [0.1, 0.15) is 30.9 Å². The minimum Gasteiger partial charge on any atom is -0.409 e. The number of hydrogen-bond donors (Lipinski definition) is 3. The smallest absolute Gasteiger partial charge is 0.224 e. The molecular formula is C15H19N3O2. The highest BCUT2D eigenvalue weighted by atomic mass is 16.4. The number of nitrogens with one attached hydrogen (secondary N) is 1. The number of carbonyl (C=O) groups is 1. The first-order valence-corrected chi connectivity index (χ1v) is 7.05. The van der Waals surface area contributed by atoms with E-state index in [0.717, 1.165) is 18.4 Å². The molecule has 0 heterocycles. The summed E-state index contributed by atoms with van der Waals surface area (Å²) in [6.45, 7) is 0. The third kappa shape index (κ3) is 2.24. The van der Waals surface area contributed by atoms with E-state index in [2.05, 4.69) is 10.5 Å². The summed E-state index contributed by atoms with van der Waals surface area (Å²) in [5.74, 6) is 1.27. The molecule has 5 nitrogen and oxygen atoms in total. The van der Waals surface area contributed by atoms with Crippen molar-refractivity contribution in [1.82, 2.24) is 5.32 Å². The van der Waals surface area contributed by atoms with E-state index in [-0.39, 0.29) is 17.7 Å². The topological polar surface area (TPSA) is 87.7 Å². The van der Waals surface area contributed by atoms with Gasteiger partial charge >= 0.3 is 0 Å². The third-order valence-electron chi connectivity index (χ3n) is 4.54. The van der Waals surface area contributed by atoms with E-state index in [1.165, 1.54) is 6.42 Å². The van der Waals surface area contributed by atoms with Crippen LogP contribution in [0.4, 0.5) is 0 Å². The molecule has 3 rings (SSSR count). The summed E-state index contributed by atoms with van der Waals surface area (Å²) < 4.78 is 0. The molecular weight excluding hydrogens is 254 g/mol. The monoisotopic (exact) mass is 273 g/mol. The molecule has 4 N–H and O–H groups in total. The summed E-state index contributed by atoms with van der Waals surface area (Å²) in [5, 5.41) is 14.9. The lowest BCUT2D eigenvalue weighted by Crippen LogP contribution is -2.39. The first kappa shape index (κ1) is 13.0. The summed E-state index contributed by atoms with van der Waals surface area (Å²) in [5.41, 5.74) is 6.54. The molecule has 1 aromatic carbocycles. The zero-order valence-corrected chi connectivity index (χ0v) is 11.2. The number of fused-ring (bicyclic) bond motifs is 1. The van der Waals surface area contributed by atoms with Gasteiger partial charge < -0.3 is 16.3 Å². The molecule has 2 fully saturated rings. The SMILES string of the molecule is N/C(=N/O)C(NC(=O)C1C2CCCC21)c1ccccc1. The van der Waals surface area contributed by atoms with E-state index < -0.39 is 6.04 Å². The first-order valence-electron chi connectivity index (χ1n) is 7.05. The molecule has 3 atom stereocenters. The van der Waals surface area contributed by atoms with Gasteiger partial charge in [-0.1, -0.05) is 41.9 Å². The van der Waals surface area contributed by atoms with Crippen molar-refractivity contribution in [2.24, 2.45) is 28.6 Å². The average molecular weight is 273 g/mol. The molecule has 106 valence electrons. The number of amidine groups is 1. The van der Waals surface area contributed by atoms with E-state index in [4.69, 9.17) is 10.9 Å². The predicted octanol–water partition coefficient (Wildman–Crippen LogP) is 1.64. The Balaban J connectivity index is 1.73. The summed E-state index contributed by atoms with van der Waals surface area (Å²) in [6.07, 6.45) is 3.55. The quantitative estimate of drug-likeness (QED) is 0.337. The molecule has 2 aliphatic rings. The Bertz CT molecular complexity index is 519. The van der Waals surface area contributed by atoms with Gasteiger partial charge in [-0.2, -0.15) is 0 Å². The highest BCUT2D eigenvalue weighted by molar-refractivity contribution is 5.92. The van der Waals surface area contributed by atoms with Crippen LogP contribution in [0.25, 0.3) is 0 Å². The zero-order chi connectivity index (χ0) is 14.1. The fraction of sp³-hybridized carbons (Fsp3) is 0.467. The average Bonchev–Trinajstić information content (AvgIpc) is 2.98. The molecule has 0 aliphatic heterocycles. The van der Waals surface area contributed by atoms with Crippen molar-refractivity contribution >= 4 is 11.7 Å². The summed E-state index contributed by atoms with van der Waals surface area (Å²) in [4.78, 5) is 12.3. The molecule has 1 amide bonds. The number of amides is 1. The van der Waals surface area contributed by atoms with Gasteiger partial charge in [0.15, 0.2) is 5.84 Å². The molecule has 0 aromatic heterocycles. The molecule has 0 radical (unpaired) electrons. The van der Waals surface area contributed by atoms with Crippen molar-refractivity contribution in [3.63, 3.8) is 0 Å². The fourth-order valence-electron chi connectivity index (χ4n) is 3.48. The van der Waals surface area contributed by atoms with Crippen molar-refractivity contribution in [2.75, 3.05) is 0 Å². The van der Waals surface area contributed by atoms with Gasteiger partial charge in [-0.25, -0.2) is 0 Å².